The van der Waals surface area contributed by atoms with Crippen molar-refractivity contribution in [2.45, 2.75) is 65.1 Å². The molecule has 2 aromatic rings. The zero-order valence-electron chi connectivity index (χ0n) is 15.8. The summed E-state index contributed by atoms with van der Waals surface area (Å²) < 4.78 is 2.27. The monoisotopic (exact) mass is 488 g/mol. The van der Waals surface area contributed by atoms with Gasteiger partial charge in [-0.1, -0.05) is 6.42 Å². The van der Waals surface area contributed by atoms with Crippen LogP contribution >= 0.6 is 35.3 Å². The number of aromatic nitrogens is 3. The first-order valence-corrected chi connectivity index (χ1v) is 9.91. The lowest BCUT2D eigenvalue weighted by Crippen LogP contribution is -2.43. The third-order valence-corrected chi connectivity index (χ3v) is 5.53. The van der Waals surface area contributed by atoms with Crippen LogP contribution in [0.25, 0.3) is 0 Å². The van der Waals surface area contributed by atoms with Crippen LogP contribution in [0.1, 0.15) is 47.6 Å². The second-order valence-electron chi connectivity index (χ2n) is 6.68. The largest absolute Gasteiger partial charge is 0.354 e. The molecular formula is C18H29IN6S. The van der Waals surface area contributed by atoms with E-state index in [-0.39, 0.29) is 24.0 Å². The Morgan fingerprint density at radius 2 is 2.15 bits per heavy atom. The second kappa shape index (κ2) is 10.2. The van der Waals surface area contributed by atoms with Crippen molar-refractivity contribution in [3.05, 3.63) is 33.5 Å². The van der Waals surface area contributed by atoms with Crippen molar-refractivity contribution in [2.75, 3.05) is 7.05 Å². The molecule has 3 heterocycles. The van der Waals surface area contributed by atoms with Crippen molar-refractivity contribution in [3.8, 4) is 0 Å². The topological polar surface area (TPSA) is 67.1 Å². The molecule has 0 spiro atoms. The van der Waals surface area contributed by atoms with Crippen LogP contribution < -0.4 is 10.6 Å². The maximum Gasteiger partial charge on any atom is 0.191 e. The molecule has 0 aliphatic carbocycles. The number of nitrogens with one attached hydrogen (secondary N) is 2. The summed E-state index contributed by atoms with van der Waals surface area (Å²) in [4.78, 5) is 7.10. The molecule has 1 aliphatic heterocycles. The minimum Gasteiger partial charge on any atom is -0.354 e. The summed E-state index contributed by atoms with van der Waals surface area (Å²) >= 11 is 1.86. The Morgan fingerprint density at radius 3 is 2.88 bits per heavy atom. The molecule has 0 saturated heterocycles. The number of nitrogens with zero attached hydrogens (tertiary/aromatic N) is 4. The average Bonchev–Trinajstić information content (AvgIpc) is 3.09. The number of hydrogen-bond acceptors (Lipinski definition) is 4. The van der Waals surface area contributed by atoms with E-state index in [4.69, 9.17) is 0 Å². The minimum atomic E-state index is 0. The highest BCUT2D eigenvalue weighted by Gasteiger charge is 2.15. The predicted molar refractivity (Wildman–Crippen MR) is 119 cm³/mol. The maximum absolute atomic E-state index is 4.36. The standard InChI is InChI=1S/C18H28N6S.HI/c1-13(11-15-9-8-14(2)25-15)21-18(19-3)20-12-17-23-22-16-7-5-4-6-10-24(16)17;/h8-9,13H,4-7,10-12H2,1-3H3,(H2,19,20,21);1H. The van der Waals surface area contributed by atoms with Gasteiger partial charge in [-0.25, -0.2) is 0 Å². The van der Waals surface area contributed by atoms with Gasteiger partial charge in [0.25, 0.3) is 0 Å². The van der Waals surface area contributed by atoms with Gasteiger partial charge in [0.15, 0.2) is 11.8 Å². The van der Waals surface area contributed by atoms with E-state index in [9.17, 15) is 0 Å². The van der Waals surface area contributed by atoms with E-state index >= 15 is 0 Å². The molecule has 6 nitrogen and oxygen atoms in total. The third-order valence-electron chi connectivity index (χ3n) is 4.51. The van der Waals surface area contributed by atoms with Crippen molar-refractivity contribution >= 4 is 41.3 Å². The van der Waals surface area contributed by atoms with Crippen molar-refractivity contribution in [1.82, 2.24) is 25.4 Å². The fraction of sp³-hybridized carbons (Fsp3) is 0.611. The van der Waals surface area contributed by atoms with Gasteiger partial charge in [-0.15, -0.1) is 45.5 Å². The van der Waals surface area contributed by atoms with Crippen LogP contribution in [0, 0.1) is 6.92 Å². The van der Waals surface area contributed by atoms with E-state index in [0.29, 0.717) is 12.6 Å². The van der Waals surface area contributed by atoms with Gasteiger partial charge in [0.2, 0.25) is 0 Å². The molecule has 26 heavy (non-hydrogen) atoms. The van der Waals surface area contributed by atoms with Crippen LogP contribution in [-0.4, -0.2) is 33.8 Å². The summed E-state index contributed by atoms with van der Waals surface area (Å²) in [6.07, 6.45) is 5.74. The van der Waals surface area contributed by atoms with Gasteiger partial charge >= 0.3 is 0 Å². The predicted octanol–water partition coefficient (Wildman–Crippen LogP) is 3.29. The fourth-order valence-electron chi connectivity index (χ4n) is 3.21. The first-order valence-electron chi connectivity index (χ1n) is 9.09. The van der Waals surface area contributed by atoms with Crippen LogP contribution in [0.4, 0.5) is 0 Å². The molecule has 0 saturated carbocycles. The average molecular weight is 488 g/mol. The highest BCUT2D eigenvalue weighted by atomic mass is 127. The number of guanidine groups is 1. The molecule has 0 radical (unpaired) electrons. The van der Waals surface area contributed by atoms with Crippen molar-refractivity contribution < 1.29 is 0 Å². The fourth-order valence-corrected chi connectivity index (χ4v) is 4.23. The molecule has 0 bridgehead atoms. The van der Waals surface area contributed by atoms with E-state index in [2.05, 4.69) is 56.4 Å². The van der Waals surface area contributed by atoms with Crippen LogP contribution in [-0.2, 0) is 25.9 Å². The van der Waals surface area contributed by atoms with E-state index in [1.165, 1.54) is 29.0 Å². The van der Waals surface area contributed by atoms with Gasteiger partial charge in [-0.05, 0) is 38.8 Å². The number of aliphatic imine (C=N–C) groups is 1. The highest BCUT2D eigenvalue weighted by molar-refractivity contribution is 14.0. The van der Waals surface area contributed by atoms with E-state index < -0.39 is 0 Å². The molecule has 0 amide bonds. The molecule has 2 aromatic heterocycles. The Bertz CT molecular complexity index is 723. The zero-order valence-corrected chi connectivity index (χ0v) is 18.9. The number of thiophene rings is 1. The van der Waals surface area contributed by atoms with E-state index in [1.54, 1.807) is 0 Å². The van der Waals surface area contributed by atoms with Crippen LogP contribution in [0.3, 0.4) is 0 Å². The van der Waals surface area contributed by atoms with Crippen molar-refractivity contribution in [1.29, 1.82) is 0 Å². The van der Waals surface area contributed by atoms with E-state index in [1.807, 2.05) is 18.4 Å². The van der Waals surface area contributed by atoms with Gasteiger partial charge in [0.05, 0.1) is 6.54 Å². The lowest BCUT2D eigenvalue weighted by Gasteiger charge is -2.17. The first kappa shape index (κ1) is 21.1. The summed E-state index contributed by atoms with van der Waals surface area (Å²) in [6.45, 7) is 6.01. The van der Waals surface area contributed by atoms with Crippen molar-refractivity contribution in [3.63, 3.8) is 0 Å². The van der Waals surface area contributed by atoms with Crippen LogP contribution in [0.5, 0.6) is 0 Å². The maximum atomic E-state index is 4.36. The zero-order chi connectivity index (χ0) is 17.6. The van der Waals surface area contributed by atoms with Crippen molar-refractivity contribution in [2.24, 2.45) is 4.99 Å². The second-order valence-corrected chi connectivity index (χ2v) is 8.05. The minimum absolute atomic E-state index is 0. The van der Waals surface area contributed by atoms with Gasteiger partial charge in [-0.3, -0.25) is 4.99 Å². The smallest absolute Gasteiger partial charge is 0.191 e. The number of rotatable bonds is 5. The molecule has 2 N–H and O–H groups in total. The summed E-state index contributed by atoms with van der Waals surface area (Å²) in [5.74, 6) is 2.94. The Hall–Kier alpha value is -1.16. The summed E-state index contributed by atoms with van der Waals surface area (Å²) in [5.41, 5.74) is 0. The van der Waals surface area contributed by atoms with E-state index in [0.717, 1.165) is 37.0 Å². The van der Waals surface area contributed by atoms with Crippen LogP contribution in [0.2, 0.25) is 0 Å². The normalized spacial score (nSPS) is 15.6. The number of hydrogen-bond donors (Lipinski definition) is 2. The lowest BCUT2D eigenvalue weighted by atomic mass is 10.2. The molecule has 1 atom stereocenters. The third kappa shape index (κ3) is 5.67. The Balaban J connectivity index is 0.00000243. The van der Waals surface area contributed by atoms with Crippen LogP contribution in [0.15, 0.2) is 17.1 Å². The molecule has 1 unspecified atom stereocenters. The Morgan fingerprint density at radius 1 is 1.31 bits per heavy atom. The Kier molecular flexibility index (Phi) is 8.33. The molecule has 0 aromatic carbocycles. The molecular weight excluding hydrogens is 459 g/mol. The molecule has 1 aliphatic rings. The molecule has 0 fully saturated rings. The van der Waals surface area contributed by atoms with Gasteiger partial charge < -0.3 is 15.2 Å². The molecule has 144 valence electrons. The van der Waals surface area contributed by atoms with Gasteiger partial charge in [0.1, 0.15) is 5.82 Å². The van der Waals surface area contributed by atoms with Gasteiger partial charge in [0, 0.05) is 42.2 Å². The SMILES string of the molecule is CN=C(NCc1nnc2n1CCCCC2)NC(C)Cc1ccc(C)s1.I. The number of halogens is 1. The molecule has 8 heteroatoms. The first-order chi connectivity index (χ1) is 12.2. The summed E-state index contributed by atoms with van der Waals surface area (Å²) in [7, 11) is 1.81. The lowest BCUT2D eigenvalue weighted by molar-refractivity contribution is 0.591. The quantitative estimate of drug-likeness (QED) is 0.385. The van der Waals surface area contributed by atoms with Gasteiger partial charge in [-0.2, -0.15) is 0 Å². The molecule has 3 rings (SSSR count). The summed E-state index contributed by atoms with van der Waals surface area (Å²) in [5, 5.41) is 15.6. The number of fused-ring (bicyclic) bond motifs is 1. The Labute approximate surface area is 176 Å². The number of aryl methyl sites for hydroxylation is 2. The summed E-state index contributed by atoms with van der Waals surface area (Å²) in [6, 6.07) is 4.70. The highest BCUT2D eigenvalue weighted by Crippen LogP contribution is 2.17.